The van der Waals surface area contributed by atoms with Crippen molar-refractivity contribution in [3.05, 3.63) is 95.9 Å². The zero-order chi connectivity index (χ0) is 23.0. The number of aromatic nitrogens is 1. The third-order valence-corrected chi connectivity index (χ3v) is 10.3. The lowest BCUT2D eigenvalue weighted by molar-refractivity contribution is -0.642. The van der Waals surface area contributed by atoms with Gasteiger partial charge in [0.2, 0.25) is 5.52 Å². The summed E-state index contributed by atoms with van der Waals surface area (Å²) in [5.74, 6) is 0. The number of allylic oxidation sites excluding steroid dienone is 2. The van der Waals surface area contributed by atoms with Gasteiger partial charge in [-0.25, -0.2) is 0 Å². The van der Waals surface area contributed by atoms with Crippen molar-refractivity contribution in [2.75, 3.05) is 11.9 Å². The molecule has 1 aliphatic carbocycles. The van der Waals surface area contributed by atoms with Crippen LogP contribution in [-0.2, 0) is 7.05 Å². The van der Waals surface area contributed by atoms with E-state index in [9.17, 15) is 0 Å². The van der Waals surface area contributed by atoms with E-state index in [4.69, 9.17) is 46.4 Å². The van der Waals surface area contributed by atoms with Crippen LogP contribution in [0.2, 0.25) is 20.1 Å². The molecule has 2 aliphatic rings. The third kappa shape index (κ3) is 3.12. The van der Waals surface area contributed by atoms with Crippen LogP contribution in [0.4, 0.5) is 5.69 Å². The zero-order valence-corrected chi connectivity index (χ0v) is 22.1. The van der Waals surface area contributed by atoms with Crippen molar-refractivity contribution >= 4 is 96.6 Å². The Bertz CT molecular complexity index is 1570. The predicted octanol–water partition coefficient (Wildman–Crippen LogP) is 8.70. The fraction of sp³-hybridized carbons (Fsp3) is 0.0800. The molecule has 2 nitrogen and oxygen atoms in total. The molecule has 0 saturated carbocycles. The predicted molar refractivity (Wildman–Crippen MR) is 144 cm³/mol. The minimum Gasteiger partial charge on any atom is -0.338 e. The molecule has 0 N–H and O–H groups in total. The molecular weight excluding hydrogens is 534 g/mol. The maximum Gasteiger partial charge on any atom is 0.270 e. The van der Waals surface area contributed by atoms with Gasteiger partial charge in [-0.1, -0.05) is 93.8 Å². The second-order valence-electron chi connectivity index (χ2n) is 7.85. The quantitative estimate of drug-likeness (QED) is 0.133. The summed E-state index contributed by atoms with van der Waals surface area (Å²) < 4.78 is 3.39. The Hall–Kier alpha value is -1.66. The van der Waals surface area contributed by atoms with Crippen LogP contribution in [0.5, 0.6) is 0 Å². The number of benzene rings is 3. The van der Waals surface area contributed by atoms with Crippen LogP contribution in [0.1, 0.15) is 16.1 Å². The molecule has 0 amide bonds. The van der Waals surface area contributed by atoms with Gasteiger partial charge in [-0.05, 0) is 24.3 Å². The van der Waals surface area contributed by atoms with Crippen LogP contribution >= 0.6 is 69.5 Å². The molecule has 164 valence electrons. The molecule has 4 aromatic rings. The SMILES string of the molecule is CN1/C(=C2\C=C(c3sc4ccccc4[n+]3C)c3c(Cl)c(Cl)c(Cl)c(Cl)c32)Sc2ccccc21. The molecule has 1 aromatic heterocycles. The van der Waals surface area contributed by atoms with Crippen LogP contribution in [0.15, 0.2) is 64.5 Å². The average Bonchev–Trinajstić information content (AvgIpc) is 3.48. The Labute approximate surface area is 219 Å². The highest BCUT2D eigenvalue weighted by atomic mass is 35.5. The van der Waals surface area contributed by atoms with Crippen LogP contribution in [0, 0.1) is 0 Å². The topological polar surface area (TPSA) is 7.12 Å². The molecule has 6 rings (SSSR count). The van der Waals surface area contributed by atoms with Gasteiger partial charge >= 0.3 is 0 Å². The summed E-state index contributed by atoms with van der Waals surface area (Å²) in [6.45, 7) is 0. The highest BCUT2D eigenvalue weighted by Gasteiger charge is 2.37. The van der Waals surface area contributed by atoms with Gasteiger partial charge in [0.05, 0.1) is 36.4 Å². The first-order valence-electron chi connectivity index (χ1n) is 10.1. The van der Waals surface area contributed by atoms with E-state index in [1.165, 1.54) is 9.60 Å². The van der Waals surface area contributed by atoms with Gasteiger partial charge in [-0.3, -0.25) is 0 Å². The molecule has 0 radical (unpaired) electrons. The number of thioether (sulfide) groups is 1. The van der Waals surface area contributed by atoms with Crippen molar-refractivity contribution in [2.45, 2.75) is 4.90 Å². The normalized spacial score (nSPS) is 17.0. The van der Waals surface area contributed by atoms with Crippen LogP contribution in [-0.4, -0.2) is 7.05 Å². The molecule has 0 spiro atoms. The lowest BCUT2D eigenvalue weighted by Crippen LogP contribution is -2.30. The number of halogens is 4. The van der Waals surface area contributed by atoms with E-state index in [1.807, 2.05) is 12.1 Å². The molecule has 0 saturated heterocycles. The Kier molecular flexibility index (Phi) is 5.26. The van der Waals surface area contributed by atoms with Gasteiger partial charge in [0, 0.05) is 34.7 Å². The van der Waals surface area contributed by atoms with Gasteiger partial charge in [0.1, 0.15) is 11.7 Å². The Morgan fingerprint density at radius 2 is 1.48 bits per heavy atom. The van der Waals surface area contributed by atoms with Gasteiger partial charge in [0.25, 0.3) is 5.01 Å². The van der Waals surface area contributed by atoms with Crippen LogP contribution < -0.4 is 9.47 Å². The van der Waals surface area contributed by atoms with E-state index in [0.29, 0.717) is 10.0 Å². The zero-order valence-electron chi connectivity index (χ0n) is 17.4. The minimum atomic E-state index is 0.277. The summed E-state index contributed by atoms with van der Waals surface area (Å²) in [5.41, 5.74) is 5.95. The number of anilines is 1. The van der Waals surface area contributed by atoms with Crippen molar-refractivity contribution in [3.63, 3.8) is 0 Å². The number of aryl methyl sites for hydroxylation is 1. The Morgan fingerprint density at radius 3 is 2.21 bits per heavy atom. The number of hydrogen-bond donors (Lipinski definition) is 0. The number of nitrogens with zero attached hydrogens (tertiary/aromatic N) is 2. The van der Waals surface area contributed by atoms with E-state index < -0.39 is 0 Å². The summed E-state index contributed by atoms with van der Waals surface area (Å²) in [7, 11) is 4.14. The lowest BCUT2D eigenvalue weighted by Gasteiger charge is -2.18. The molecule has 33 heavy (non-hydrogen) atoms. The van der Waals surface area contributed by atoms with Crippen LogP contribution in [0.25, 0.3) is 21.4 Å². The largest absolute Gasteiger partial charge is 0.338 e. The van der Waals surface area contributed by atoms with Crippen molar-refractivity contribution in [3.8, 4) is 0 Å². The van der Waals surface area contributed by atoms with Crippen molar-refractivity contribution < 1.29 is 4.57 Å². The maximum absolute atomic E-state index is 6.85. The first-order valence-corrected chi connectivity index (χ1v) is 13.2. The highest BCUT2D eigenvalue weighted by Crippen LogP contribution is 2.56. The highest BCUT2D eigenvalue weighted by molar-refractivity contribution is 8.04. The van der Waals surface area contributed by atoms with Gasteiger partial charge in [-0.2, -0.15) is 4.57 Å². The first kappa shape index (κ1) is 21.8. The third-order valence-electron chi connectivity index (χ3n) is 6.03. The number of fused-ring (bicyclic) bond motifs is 3. The first-order chi connectivity index (χ1) is 15.9. The number of hydrogen-bond acceptors (Lipinski definition) is 3. The molecule has 3 aromatic carbocycles. The second kappa shape index (κ2) is 7.94. The smallest absolute Gasteiger partial charge is 0.270 e. The molecule has 2 heterocycles. The summed E-state index contributed by atoms with van der Waals surface area (Å²) in [6.07, 6.45) is 2.17. The summed E-state index contributed by atoms with van der Waals surface area (Å²) in [5, 5.41) is 3.55. The summed E-state index contributed by atoms with van der Waals surface area (Å²) in [4.78, 5) is 3.39. The van der Waals surface area contributed by atoms with Gasteiger partial charge in [-0.15, -0.1) is 0 Å². The number of para-hydroxylation sites is 2. The number of thiazole rings is 1. The van der Waals surface area contributed by atoms with Crippen molar-refractivity contribution in [1.82, 2.24) is 0 Å². The molecular formula is C25H15Cl4N2S2+. The molecule has 0 atom stereocenters. The Morgan fingerprint density at radius 1 is 0.818 bits per heavy atom. The van der Waals surface area contributed by atoms with E-state index in [-0.39, 0.29) is 10.0 Å². The fourth-order valence-electron chi connectivity index (χ4n) is 4.44. The molecule has 0 fully saturated rings. The van der Waals surface area contributed by atoms with E-state index in [0.717, 1.165) is 43.5 Å². The molecule has 0 bridgehead atoms. The minimum absolute atomic E-state index is 0.277. The van der Waals surface area contributed by atoms with E-state index in [2.05, 4.69) is 66.0 Å². The van der Waals surface area contributed by atoms with Gasteiger partial charge in [0.15, 0.2) is 0 Å². The molecule has 0 unspecified atom stereocenters. The van der Waals surface area contributed by atoms with E-state index in [1.54, 1.807) is 23.1 Å². The second-order valence-corrected chi connectivity index (χ2v) is 11.4. The summed E-state index contributed by atoms with van der Waals surface area (Å²) >= 11 is 30.2. The maximum atomic E-state index is 6.85. The fourth-order valence-corrected chi connectivity index (χ4v) is 7.84. The molecule has 8 heteroatoms. The summed E-state index contributed by atoms with van der Waals surface area (Å²) in [6, 6.07) is 16.7. The Balaban J connectivity index is 1.68. The van der Waals surface area contributed by atoms with Gasteiger partial charge < -0.3 is 4.90 Å². The van der Waals surface area contributed by atoms with Crippen LogP contribution in [0.3, 0.4) is 0 Å². The monoisotopic (exact) mass is 547 g/mol. The molecule has 1 aliphatic heterocycles. The average molecular weight is 549 g/mol. The standard InChI is InChI=1S/C25H15Cl4N2S2/c1-30-14-7-3-5-9-16(14)32-24(30)12-11-13(19-18(12)20(26)22(28)23(29)21(19)27)25-31(2)15-8-4-6-10-17(15)33-25/h3-11H,1-2H3/q+1. The number of rotatable bonds is 1. The lowest BCUT2D eigenvalue weighted by atomic mass is 10.0. The van der Waals surface area contributed by atoms with Crippen molar-refractivity contribution in [2.24, 2.45) is 7.05 Å². The van der Waals surface area contributed by atoms with E-state index >= 15 is 0 Å². The van der Waals surface area contributed by atoms with Crippen molar-refractivity contribution in [1.29, 1.82) is 0 Å².